The number of esters is 1. The lowest BCUT2D eigenvalue weighted by molar-refractivity contribution is -0.166. The maximum atomic E-state index is 12.6. The molecular formula is C23H36O2. The van der Waals surface area contributed by atoms with Crippen LogP contribution in [0.15, 0.2) is 36.5 Å². The first kappa shape index (κ1) is 20.0. The summed E-state index contributed by atoms with van der Waals surface area (Å²) in [6, 6.07) is 0. The molecule has 2 aliphatic rings. The van der Waals surface area contributed by atoms with E-state index in [-0.39, 0.29) is 16.8 Å². The lowest BCUT2D eigenvalue weighted by atomic mass is 9.47. The zero-order chi connectivity index (χ0) is 18.8. The summed E-state index contributed by atoms with van der Waals surface area (Å²) in [6.45, 7) is 17.3. The number of hydrogen-bond donors (Lipinski definition) is 0. The van der Waals surface area contributed by atoms with E-state index in [4.69, 9.17) is 4.74 Å². The van der Waals surface area contributed by atoms with Crippen LogP contribution in [0.1, 0.15) is 66.2 Å². The molecule has 0 saturated heterocycles. The number of ether oxygens (including phenoxy) is 1. The van der Waals surface area contributed by atoms with Crippen LogP contribution < -0.4 is 0 Å². The highest BCUT2D eigenvalue weighted by Crippen LogP contribution is 2.61. The third-order valence-corrected chi connectivity index (χ3v) is 7.22. The molecule has 25 heavy (non-hydrogen) atoms. The number of carbonyl (C=O) groups is 1. The summed E-state index contributed by atoms with van der Waals surface area (Å²) < 4.78 is 5.21. The average Bonchev–Trinajstić information content (AvgIpc) is 2.58. The van der Waals surface area contributed by atoms with Gasteiger partial charge in [0.05, 0.1) is 12.5 Å². The summed E-state index contributed by atoms with van der Waals surface area (Å²) in [7, 11) is 1.53. The third kappa shape index (κ3) is 3.50. The highest BCUT2D eigenvalue weighted by atomic mass is 16.5. The first-order valence-corrected chi connectivity index (χ1v) is 9.79. The molecule has 0 aliphatic heterocycles. The van der Waals surface area contributed by atoms with E-state index in [0.717, 1.165) is 32.1 Å². The van der Waals surface area contributed by atoms with E-state index in [9.17, 15) is 4.79 Å². The Morgan fingerprint density at radius 1 is 1.40 bits per heavy atom. The Hall–Kier alpha value is -1.31. The van der Waals surface area contributed by atoms with E-state index >= 15 is 0 Å². The van der Waals surface area contributed by atoms with Crippen LogP contribution in [0.4, 0.5) is 0 Å². The minimum absolute atomic E-state index is 0.0378. The topological polar surface area (TPSA) is 26.3 Å². The van der Waals surface area contributed by atoms with Crippen molar-refractivity contribution in [2.75, 3.05) is 7.11 Å². The molecule has 0 bridgehead atoms. The largest absolute Gasteiger partial charge is 0.469 e. The molecular weight excluding hydrogens is 308 g/mol. The normalized spacial score (nSPS) is 34.9. The Morgan fingerprint density at radius 3 is 2.64 bits per heavy atom. The average molecular weight is 345 g/mol. The minimum Gasteiger partial charge on any atom is -0.469 e. The van der Waals surface area contributed by atoms with Crippen molar-refractivity contribution in [1.82, 2.24) is 0 Å². The molecule has 2 aliphatic carbocycles. The molecule has 0 radical (unpaired) electrons. The van der Waals surface area contributed by atoms with Gasteiger partial charge in [0.2, 0.25) is 0 Å². The molecule has 140 valence electrons. The lowest BCUT2D eigenvalue weighted by Gasteiger charge is -2.56. The second-order valence-electron chi connectivity index (χ2n) is 8.87. The van der Waals surface area contributed by atoms with Crippen molar-refractivity contribution in [2.45, 2.75) is 66.2 Å². The molecule has 0 amide bonds. The highest BCUT2D eigenvalue weighted by molar-refractivity contribution is 5.77. The quantitative estimate of drug-likeness (QED) is 0.430. The van der Waals surface area contributed by atoms with E-state index in [1.807, 2.05) is 6.08 Å². The van der Waals surface area contributed by atoms with Gasteiger partial charge in [-0.3, -0.25) is 4.79 Å². The number of carbonyl (C=O) groups excluding carboxylic acids is 1. The van der Waals surface area contributed by atoms with Gasteiger partial charge in [0.15, 0.2) is 0 Å². The van der Waals surface area contributed by atoms with Crippen molar-refractivity contribution in [3.05, 3.63) is 36.5 Å². The molecule has 2 rings (SSSR count). The molecule has 0 N–H and O–H groups in total. The standard InChI is InChI=1S/C23H36O2/c1-8-18-11-13-20-22(5,19(18)12-10-17(4)16(2)3)14-9-15-23(20,6)21(24)25-7/h8,11,16,19-20H,1,4,9-10,12-15H2,2-3,5-7H3/t19-,20+,22+,23+/m0/s1. The molecule has 0 aromatic rings. The van der Waals surface area contributed by atoms with Crippen molar-refractivity contribution in [1.29, 1.82) is 0 Å². The number of rotatable bonds is 6. The van der Waals surface area contributed by atoms with Crippen LogP contribution in [0.5, 0.6) is 0 Å². The van der Waals surface area contributed by atoms with Crippen molar-refractivity contribution >= 4 is 5.97 Å². The zero-order valence-electron chi connectivity index (χ0n) is 16.9. The maximum absolute atomic E-state index is 12.6. The van der Waals surface area contributed by atoms with Gasteiger partial charge in [-0.15, -0.1) is 0 Å². The van der Waals surface area contributed by atoms with Crippen LogP contribution in [-0.4, -0.2) is 13.1 Å². The van der Waals surface area contributed by atoms with Crippen LogP contribution in [0.2, 0.25) is 0 Å². The Bertz CT molecular complexity index is 571. The molecule has 0 heterocycles. The number of hydrogen-bond acceptors (Lipinski definition) is 2. The molecule has 1 fully saturated rings. The van der Waals surface area contributed by atoms with Gasteiger partial charge < -0.3 is 4.74 Å². The predicted octanol–water partition coefficient (Wildman–Crippen LogP) is 6.10. The number of methoxy groups -OCH3 is 1. The van der Waals surface area contributed by atoms with Gasteiger partial charge in [-0.1, -0.05) is 58.1 Å². The van der Waals surface area contributed by atoms with Gasteiger partial charge in [-0.25, -0.2) is 0 Å². The van der Waals surface area contributed by atoms with E-state index in [2.05, 4.69) is 46.9 Å². The van der Waals surface area contributed by atoms with Crippen molar-refractivity contribution in [3.8, 4) is 0 Å². The fraction of sp³-hybridized carbons (Fsp3) is 0.696. The molecule has 0 unspecified atom stereocenters. The Labute approximate surface area is 154 Å². The second kappa shape index (κ2) is 7.51. The monoisotopic (exact) mass is 344 g/mol. The van der Waals surface area contributed by atoms with Gasteiger partial charge in [0.25, 0.3) is 0 Å². The van der Waals surface area contributed by atoms with Crippen molar-refractivity contribution in [3.63, 3.8) is 0 Å². The second-order valence-corrected chi connectivity index (χ2v) is 8.87. The molecule has 0 aromatic carbocycles. The first-order valence-electron chi connectivity index (χ1n) is 9.79. The zero-order valence-corrected chi connectivity index (χ0v) is 16.9. The molecule has 0 aromatic heterocycles. The molecule has 1 saturated carbocycles. The highest BCUT2D eigenvalue weighted by Gasteiger charge is 2.57. The van der Waals surface area contributed by atoms with E-state index < -0.39 is 0 Å². The smallest absolute Gasteiger partial charge is 0.311 e. The van der Waals surface area contributed by atoms with Crippen molar-refractivity contribution < 1.29 is 9.53 Å². The SMILES string of the molecule is C=CC1=CC[C@@H]2[C@](C)(CCC[C@@]2(C)C(=O)OC)[C@H]1CCC(=C)C(C)C. The Morgan fingerprint density at radius 2 is 2.08 bits per heavy atom. The van der Waals surface area contributed by atoms with Gasteiger partial charge >= 0.3 is 5.97 Å². The molecule has 2 heteroatoms. The Balaban J connectivity index is 2.36. The van der Waals surface area contributed by atoms with Crippen LogP contribution >= 0.6 is 0 Å². The summed E-state index contributed by atoms with van der Waals surface area (Å²) in [5.41, 5.74) is 2.43. The summed E-state index contributed by atoms with van der Waals surface area (Å²) in [6.07, 6.45) is 10.7. The van der Waals surface area contributed by atoms with E-state index in [0.29, 0.717) is 17.8 Å². The summed E-state index contributed by atoms with van der Waals surface area (Å²) >= 11 is 0. The van der Waals surface area contributed by atoms with Crippen LogP contribution in [0, 0.1) is 28.6 Å². The minimum atomic E-state index is -0.377. The number of fused-ring (bicyclic) bond motifs is 1. The maximum Gasteiger partial charge on any atom is 0.311 e. The summed E-state index contributed by atoms with van der Waals surface area (Å²) in [5, 5.41) is 0. The summed E-state index contributed by atoms with van der Waals surface area (Å²) in [4.78, 5) is 12.6. The number of allylic oxidation sites excluding steroid dienone is 4. The van der Waals surface area contributed by atoms with Gasteiger partial charge in [-0.2, -0.15) is 0 Å². The fourth-order valence-corrected chi connectivity index (χ4v) is 5.45. The third-order valence-electron chi connectivity index (χ3n) is 7.22. The summed E-state index contributed by atoms with van der Waals surface area (Å²) in [5.74, 6) is 1.27. The van der Waals surface area contributed by atoms with Gasteiger partial charge in [0.1, 0.15) is 0 Å². The van der Waals surface area contributed by atoms with E-state index in [1.165, 1.54) is 24.7 Å². The predicted molar refractivity (Wildman–Crippen MR) is 105 cm³/mol. The molecule has 2 nitrogen and oxygen atoms in total. The van der Waals surface area contributed by atoms with Crippen molar-refractivity contribution in [2.24, 2.45) is 28.6 Å². The van der Waals surface area contributed by atoms with E-state index in [1.54, 1.807) is 0 Å². The van der Waals surface area contributed by atoms with Crippen LogP contribution in [0.25, 0.3) is 0 Å². The van der Waals surface area contributed by atoms with Gasteiger partial charge in [0, 0.05) is 0 Å². The first-order chi connectivity index (χ1) is 11.7. The molecule has 4 atom stereocenters. The van der Waals surface area contributed by atoms with Crippen LogP contribution in [0.3, 0.4) is 0 Å². The van der Waals surface area contributed by atoms with Gasteiger partial charge in [-0.05, 0) is 67.8 Å². The van der Waals surface area contributed by atoms with Crippen LogP contribution in [-0.2, 0) is 9.53 Å². The fourth-order valence-electron chi connectivity index (χ4n) is 5.45. The Kier molecular flexibility index (Phi) is 6.01. The lowest BCUT2D eigenvalue weighted by Crippen LogP contribution is -2.53. The molecule has 0 spiro atoms.